The summed E-state index contributed by atoms with van der Waals surface area (Å²) in [5, 5.41) is 6.95. The lowest BCUT2D eigenvalue weighted by atomic mass is 9.88. The number of amides is 1. The van der Waals surface area contributed by atoms with Crippen molar-refractivity contribution in [1.82, 2.24) is 5.32 Å². The Labute approximate surface area is 171 Å². The molecule has 6 nitrogen and oxygen atoms in total. The largest absolute Gasteiger partial charge is 0.493 e. The van der Waals surface area contributed by atoms with Crippen molar-refractivity contribution < 1.29 is 19.1 Å². The summed E-state index contributed by atoms with van der Waals surface area (Å²) >= 11 is 0. The molecule has 1 amide bonds. The second-order valence-corrected chi connectivity index (χ2v) is 6.98. The summed E-state index contributed by atoms with van der Waals surface area (Å²) in [5.41, 5.74) is 3.31. The first-order valence-corrected chi connectivity index (χ1v) is 10.0. The molecule has 1 aliphatic carbocycles. The molecular formula is C23H28N2O4. The molecule has 0 aliphatic heterocycles. The smallest absolute Gasteiger partial charge is 0.261 e. The van der Waals surface area contributed by atoms with Gasteiger partial charge in [-0.2, -0.15) is 0 Å². The zero-order valence-electron chi connectivity index (χ0n) is 17.0. The number of carbonyl (C=O) groups excluding carboxylic acids is 1. The van der Waals surface area contributed by atoms with Gasteiger partial charge in [0.25, 0.3) is 5.91 Å². The molecule has 0 radical (unpaired) electrons. The van der Waals surface area contributed by atoms with Gasteiger partial charge >= 0.3 is 0 Å². The molecule has 2 aromatic rings. The highest BCUT2D eigenvalue weighted by molar-refractivity contribution is 5.81. The first-order chi connectivity index (χ1) is 14.2. The van der Waals surface area contributed by atoms with E-state index in [4.69, 9.17) is 14.3 Å². The number of carbonyl (C=O) groups is 1. The normalized spacial score (nSPS) is 15.6. The van der Waals surface area contributed by atoms with E-state index in [0.29, 0.717) is 18.1 Å². The molecule has 0 aromatic heterocycles. The van der Waals surface area contributed by atoms with Crippen molar-refractivity contribution in [2.45, 2.75) is 38.6 Å². The van der Waals surface area contributed by atoms with Crippen LogP contribution in [0, 0.1) is 0 Å². The highest BCUT2D eigenvalue weighted by atomic mass is 16.6. The molecule has 0 bridgehead atoms. The number of oxime groups is 1. The minimum Gasteiger partial charge on any atom is -0.493 e. The zero-order valence-corrected chi connectivity index (χ0v) is 17.0. The molecule has 1 atom stereocenters. The molecular weight excluding hydrogens is 368 g/mol. The lowest BCUT2D eigenvalue weighted by Crippen LogP contribution is -2.33. The minimum atomic E-state index is -0.176. The highest BCUT2D eigenvalue weighted by Crippen LogP contribution is 2.29. The fraction of sp³-hybridized carbons (Fsp3) is 0.391. The van der Waals surface area contributed by atoms with E-state index >= 15 is 0 Å². The fourth-order valence-electron chi connectivity index (χ4n) is 3.43. The molecule has 29 heavy (non-hydrogen) atoms. The second kappa shape index (κ2) is 10.5. The van der Waals surface area contributed by atoms with Crippen LogP contribution in [0.4, 0.5) is 0 Å². The van der Waals surface area contributed by atoms with Gasteiger partial charge in [0.05, 0.1) is 26.0 Å². The van der Waals surface area contributed by atoms with Crippen LogP contribution < -0.4 is 14.8 Å². The third kappa shape index (κ3) is 5.73. The van der Waals surface area contributed by atoms with Crippen LogP contribution in [-0.4, -0.2) is 32.4 Å². The van der Waals surface area contributed by atoms with Gasteiger partial charge in [-0.25, -0.2) is 0 Å². The van der Waals surface area contributed by atoms with Crippen molar-refractivity contribution in [3.8, 4) is 11.5 Å². The van der Waals surface area contributed by atoms with E-state index in [2.05, 4.69) is 22.6 Å². The highest BCUT2D eigenvalue weighted by Gasteiger charge is 2.21. The van der Waals surface area contributed by atoms with Crippen LogP contribution in [0.15, 0.2) is 47.6 Å². The van der Waals surface area contributed by atoms with Gasteiger partial charge in [0.1, 0.15) is 0 Å². The number of hydrogen-bond acceptors (Lipinski definition) is 5. The number of fused-ring (bicyclic) bond motifs is 1. The van der Waals surface area contributed by atoms with Crippen molar-refractivity contribution >= 4 is 12.1 Å². The fourth-order valence-corrected chi connectivity index (χ4v) is 3.43. The van der Waals surface area contributed by atoms with Crippen LogP contribution in [0.5, 0.6) is 11.5 Å². The van der Waals surface area contributed by atoms with E-state index in [0.717, 1.165) is 31.2 Å². The van der Waals surface area contributed by atoms with Crippen molar-refractivity contribution in [1.29, 1.82) is 0 Å². The monoisotopic (exact) mass is 396 g/mol. The molecule has 0 saturated heterocycles. The van der Waals surface area contributed by atoms with Crippen LogP contribution in [0.25, 0.3) is 0 Å². The van der Waals surface area contributed by atoms with E-state index in [1.54, 1.807) is 13.3 Å². The molecule has 6 heteroatoms. The Hall–Kier alpha value is -3.02. The zero-order chi connectivity index (χ0) is 20.5. The molecule has 0 fully saturated rings. The summed E-state index contributed by atoms with van der Waals surface area (Å²) in [6, 6.07) is 13.8. The number of methoxy groups -OCH3 is 1. The van der Waals surface area contributed by atoms with Gasteiger partial charge in [-0.05, 0) is 55.0 Å². The quantitative estimate of drug-likeness (QED) is 0.513. The summed E-state index contributed by atoms with van der Waals surface area (Å²) in [6.45, 7) is 2.56. The Morgan fingerprint density at radius 1 is 1.24 bits per heavy atom. The Balaban J connectivity index is 1.50. The standard InChI is InChI=1S/C23H28N2O4/c1-3-13-28-21-12-11-17(14-22(21)27-2)15-24-29-16-23(26)25-20-10-6-8-18-7-4-5-9-19(18)20/h4-5,7,9,11-12,14-15,20H,3,6,8,10,13,16H2,1-2H3,(H,25,26)/b24-15-/t20-/m0/s1. The lowest BCUT2D eigenvalue weighted by Gasteiger charge is -2.26. The first kappa shape index (κ1) is 20.7. The molecule has 0 unspecified atom stereocenters. The number of ether oxygens (including phenoxy) is 2. The average Bonchev–Trinajstić information content (AvgIpc) is 2.76. The third-order valence-electron chi connectivity index (χ3n) is 4.83. The van der Waals surface area contributed by atoms with Gasteiger partial charge in [0.15, 0.2) is 18.1 Å². The minimum absolute atomic E-state index is 0.0416. The van der Waals surface area contributed by atoms with Crippen LogP contribution in [0.2, 0.25) is 0 Å². The predicted molar refractivity (Wildman–Crippen MR) is 113 cm³/mol. The van der Waals surface area contributed by atoms with Gasteiger partial charge in [0, 0.05) is 5.56 Å². The summed E-state index contributed by atoms with van der Waals surface area (Å²) < 4.78 is 11.0. The van der Waals surface area contributed by atoms with Crippen molar-refractivity contribution in [2.75, 3.05) is 20.3 Å². The number of nitrogens with zero attached hydrogens (tertiary/aromatic N) is 1. The topological polar surface area (TPSA) is 69.2 Å². The number of rotatable bonds is 9. The second-order valence-electron chi connectivity index (χ2n) is 6.98. The van der Waals surface area contributed by atoms with Crippen molar-refractivity contribution in [3.05, 3.63) is 59.2 Å². The molecule has 2 aromatic carbocycles. The number of aryl methyl sites for hydroxylation is 1. The maximum atomic E-state index is 12.2. The predicted octanol–water partition coefficient (Wildman–Crippen LogP) is 4.03. The van der Waals surface area contributed by atoms with Gasteiger partial charge in [-0.15, -0.1) is 0 Å². The maximum Gasteiger partial charge on any atom is 0.261 e. The van der Waals surface area contributed by atoms with Gasteiger partial charge < -0.3 is 19.6 Å². The van der Waals surface area contributed by atoms with Crippen LogP contribution in [-0.2, 0) is 16.1 Å². The van der Waals surface area contributed by atoms with Crippen molar-refractivity contribution in [3.63, 3.8) is 0 Å². The SMILES string of the molecule is CCCOc1ccc(/C=N\OCC(=O)N[C@H]2CCCc3ccccc32)cc1OC. The van der Waals surface area contributed by atoms with Crippen LogP contribution >= 0.6 is 0 Å². The molecule has 3 rings (SSSR count). The Morgan fingerprint density at radius 3 is 2.93 bits per heavy atom. The van der Waals surface area contributed by atoms with Gasteiger partial charge in [0.2, 0.25) is 0 Å². The van der Waals surface area contributed by atoms with E-state index < -0.39 is 0 Å². The summed E-state index contributed by atoms with van der Waals surface area (Å²) in [6.07, 6.45) is 5.55. The van der Waals surface area contributed by atoms with Crippen molar-refractivity contribution in [2.24, 2.45) is 5.16 Å². The maximum absolute atomic E-state index is 12.2. The third-order valence-corrected chi connectivity index (χ3v) is 4.83. The van der Waals surface area contributed by atoms with E-state index in [9.17, 15) is 4.79 Å². The molecule has 0 spiro atoms. The van der Waals surface area contributed by atoms with Crippen LogP contribution in [0.1, 0.15) is 48.9 Å². The molecule has 1 aliphatic rings. The number of benzene rings is 2. The van der Waals surface area contributed by atoms with Crippen LogP contribution in [0.3, 0.4) is 0 Å². The molecule has 0 saturated carbocycles. The number of hydrogen-bond donors (Lipinski definition) is 1. The summed E-state index contributed by atoms with van der Waals surface area (Å²) in [4.78, 5) is 17.4. The Kier molecular flexibility index (Phi) is 7.50. The van der Waals surface area contributed by atoms with Gasteiger partial charge in [-0.1, -0.05) is 36.3 Å². The van der Waals surface area contributed by atoms with Gasteiger partial charge in [-0.3, -0.25) is 4.79 Å². The molecule has 154 valence electrons. The number of nitrogens with one attached hydrogen (secondary N) is 1. The Morgan fingerprint density at radius 2 is 2.10 bits per heavy atom. The van der Waals surface area contributed by atoms with E-state index in [1.807, 2.05) is 37.3 Å². The first-order valence-electron chi connectivity index (χ1n) is 10.0. The van der Waals surface area contributed by atoms with E-state index in [1.165, 1.54) is 11.1 Å². The van der Waals surface area contributed by atoms with E-state index in [-0.39, 0.29) is 18.6 Å². The summed E-state index contributed by atoms with van der Waals surface area (Å²) in [7, 11) is 1.60. The lowest BCUT2D eigenvalue weighted by molar-refractivity contribution is -0.126. The Bertz CT molecular complexity index is 851. The summed E-state index contributed by atoms with van der Waals surface area (Å²) in [5.74, 6) is 1.15. The molecule has 1 N–H and O–H groups in total. The molecule has 0 heterocycles. The average molecular weight is 396 g/mol.